The van der Waals surface area contributed by atoms with Crippen LogP contribution < -0.4 is 5.32 Å². The number of aliphatic hydroxyl groups excluding tert-OH is 1. The van der Waals surface area contributed by atoms with Gasteiger partial charge in [-0.2, -0.15) is 0 Å². The molecule has 0 saturated heterocycles. The van der Waals surface area contributed by atoms with Gasteiger partial charge >= 0.3 is 0 Å². The molecule has 2 N–H and O–H groups in total. The minimum absolute atomic E-state index is 0.346. The molecule has 4 nitrogen and oxygen atoms in total. The Morgan fingerprint density at radius 2 is 1.90 bits per heavy atom. The van der Waals surface area contributed by atoms with Crippen LogP contribution in [0, 0.1) is 0 Å². The molecule has 2 aromatic rings. The van der Waals surface area contributed by atoms with E-state index in [-0.39, 0.29) is 0 Å². The molecule has 1 unspecified atom stereocenters. The predicted molar refractivity (Wildman–Crippen MR) is 83.9 cm³/mol. The highest BCUT2D eigenvalue weighted by Gasteiger charge is 2.27. The van der Waals surface area contributed by atoms with Crippen molar-refractivity contribution in [2.75, 3.05) is 11.9 Å². The minimum Gasteiger partial charge on any atom is -0.387 e. The fourth-order valence-corrected chi connectivity index (χ4v) is 2.37. The molecule has 0 bridgehead atoms. The zero-order valence-electron chi connectivity index (χ0n) is 11.3. The van der Waals surface area contributed by atoms with E-state index in [2.05, 4.69) is 15.3 Å². The lowest BCUT2D eigenvalue weighted by Crippen LogP contribution is -2.13. The Balaban J connectivity index is 1.65. The molecule has 1 atom stereocenters. The van der Waals surface area contributed by atoms with E-state index in [1.54, 1.807) is 30.3 Å². The van der Waals surface area contributed by atoms with Crippen molar-refractivity contribution in [2.45, 2.75) is 24.9 Å². The van der Waals surface area contributed by atoms with Gasteiger partial charge in [0.2, 0.25) is 0 Å². The Bertz CT molecular complexity index is 629. The molecule has 1 fully saturated rings. The van der Waals surface area contributed by atoms with Gasteiger partial charge < -0.3 is 10.4 Å². The van der Waals surface area contributed by atoms with Crippen molar-refractivity contribution < 1.29 is 5.11 Å². The molecule has 1 aliphatic rings. The van der Waals surface area contributed by atoms with Crippen molar-refractivity contribution >= 4 is 29.0 Å². The molecule has 1 aromatic carbocycles. The third-order valence-electron chi connectivity index (χ3n) is 3.39. The van der Waals surface area contributed by atoms with Crippen molar-refractivity contribution in [3.05, 3.63) is 51.9 Å². The number of anilines is 1. The summed E-state index contributed by atoms with van der Waals surface area (Å²) in [7, 11) is 0. The van der Waals surface area contributed by atoms with Gasteiger partial charge in [0, 0.05) is 23.6 Å². The Morgan fingerprint density at radius 3 is 2.57 bits per heavy atom. The normalized spacial score (nSPS) is 15.8. The molecule has 1 aliphatic carbocycles. The number of rotatable bonds is 5. The number of aliphatic hydroxyl groups is 1. The molecule has 0 radical (unpaired) electrons. The molecule has 21 heavy (non-hydrogen) atoms. The Hall–Kier alpha value is -1.36. The SMILES string of the molecule is OC(CNc1cc(Cl)nc(C2CC2)n1)c1ccc(Cl)cc1. The van der Waals surface area contributed by atoms with Crippen LogP contribution in [-0.2, 0) is 0 Å². The van der Waals surface area contributed by atoms with Crippen LogP contribution in [-0.4, -0.2) is 21.6 Å². The Labute approximate surface area is 133 Å². The van der Waals surface area contributed by atoms with Crippen molar-refractivity contribution in [3.63, 3.8) is 0 Å². The fraction of sp³-hybridized carbons (Fsp3) is 0.333. The lowest BCUT2D eigenvalue weighted by atomic mass is 10.1. The summed E-state index contributed by atoms with van der Waals surface area (Å²) in [6, 6.07) is 8.79. The van der Waals surface area contributed by atoms with E-state index >= 15 is 0 Å². The van der Waals surface area contributed by atoms with E-state index in [1.165, 1.54) is 0 Å². The average molecular weight is 324 g/mol. The van der Waals surface area contributed by atoms with Gasteiger partial charge in [0.05, 0.1) is 6.10 Å². The molecule has 1 aromatic heterocycles. The highest BCUT2D eigenvalue weighted by molar-refractivity contribution is 6.30. The van der Waals surface area contributed by atoms with Crippen LogP contribution in [0.1, 0.15) is 36.3 Å². The number of nitrogens with one attached hydrogen (secondary N) is 1. The lowest BCUT2D eigenvalue weighted by molar-refractivity contribution is 0.191. The van der Waals surface area contributed by atoms with Gasteiger partial charge in [0.15, 0.2) is 0 Å². The van der Waals surface area contributed by atoms with Gasteiger partial charge in [-0.1, -0.05) is 35.3 Å². The summed E-state index contributed by atoms with van der Waals surface area (Å²) >= 11 is 11.8. The highest BCUT2D eigenvalue weighted by atomic mass is 35.5. The van der Waals surface area contributed by atoms with Gasteiger partial charge in [-0.15, -0.1) is 0 Å². The summed E-state index contributed by atoms with van der Waals surface area (Å²) in [5.74, 6) is 1.86. The van der Waals surface area contributed by atoms with Crippen LogP contribution in [0.2, 0.25) is 10.2 Å². The van der Waals surface area contributed by atoms with Crippen LogP contribution in [0.4, 0.5) is 5.82 Å². The summed E-state index contributed by atoms with van der Waals surface area (Å²) in [6.07, 6.45) is 1.60. The summed E-state index contributed by atoms with van der Waals surface area (Å²) < 4.78 is 0. The van der Waals surface area contributed by atoms with Gasteiger partial charge in [-0.05, 0) is 30.5 Å². The van der Waals surface area contributed by atoms with Crippen LogP contribution in [0.3, 0.4) is 0 Å². The number of benzene rings is 1. The van der Waals surface area contributed by atoms with E-state index in [9.17, 15) is 5.11 Å². The first-order chi connectivity index (χ1) is 10.1. The molecule has 1 heterocycles. The molecular formula is C15H15Cl2N3O. The monoisotopic (exact) mass is 323 g/mol. The number of halogens is 2. The maximum Gasteiger partial charge on any atom is 0.135 e. The Kier molecular flexibility index (Phi) is 4.29. The highest BCUT2D eigenvalue weighted by Crippen LogP contribution is 2.38. The predicted octanol–water partition coefficient (Wildman–Crippen LogP) is 3.81. The minimum atomic E-state index is -0.639. The zero-order chi connectivity index (χ0) is 14.8. The maximum absolute atomic E-state index is 10.2. The van der Waals surface area contributed by atoms with E-state index in [4.69, 9.17) is 23.2 Å². The topological polar surface area (TPSA) is 58.0 Å². The number of aromatic nitrogens is 2. The second-order valence-electron chi connectivity index (χ2n) is 5.16. The third kappa shape index (κ3) is 3.84. The molecule has 0 amide bonds. The van der Waals surface area contributed by atoms with Crippen molar-refractivity contribution in [1.29, 1.82) is 0 Å². The second-order valence-corrected chi connectivity index (χ2v) is 5.98. The third-order valence-corrected chi connectivity index (χ3v) is 3.83. The molecule has 6 heteroatoms. The smallest absolute Gasteiger partial charge is 0.135 e. The van der Waals surface area contributed by atoms with E-state index in [1.807, 2.05) is 0 Å². The molecule has 0 spiro atoms. The van der Waals surface area contributed by atoms with Gasteiger partial charge in [0.1, 0.15) is 16.8 Å². The number of hydrogen-bond acceptors (Lipinski definition) is 4. The number of nitrogens with zero attached hydrogens (tertiary/aromatic N) is 2. The molecule has 110 valence electrons. The van der Waals surface area contributed by atoms with Crippen LogP contribution in [0.5, 0.6) is 0 Å². The summed E-state index contributed by atoms with van der Waals surface area (Å²) in [6.45, 7) is 0.346. The largest absolute Gasteiger partial charge is 0.387 e. The van der Waals surface area contributed by atoms with Gasteiger partial charge in [-0.25, -0.2) is 9.97 Å². The van der Waals surface area contributed by atoms with E-state index in [0.29, 0.717) is 28.5 Å². The maximum atomic E-state index is 10.2. The molecular weight excluding hydrogens is 309 g/mol. The van der Waals surface area contributed by atoms with Crippen molar-refractivity contribution in [3.8, 4) is 0 Å². The molecule has 1 saturated carbocycles. The summed E-state index contributed by atoms with van der Waals surface area (Å²) in [5.41, 5.74) is 0.800. The second kappa shape index (κ2) is 6.18. The zero-order valence-corrected chi connectivity index (χ0v) is 12.8. The van der Waals surface area contributed by atoms with Crippen LogP contribution >= 0.6 is 23.2 Å². The number of hydrogen-bond donors (Lipinski definition) is 2. The quantitative estimate of drug-likeness (QED) is 0.821. The van der Waals surface area contributed by atoms with Crippen LogP contribution in [0.25, 0.3) is 0 Å². The first kappa shape index (κ1) is 14.6. The summed E-state index contributed by atoms with van der Waals surface area (Å²) in [4.78, 5) is 8.66. The molecule has 0 aliphatic heterocycles. The van der Waals surface area contributed by atoms with Gasteiger partial charge in [-0.3, -0.25) is 0 Å². The van der Waals surface area contributed by atoms with Crippen LogP contribution in [0.15, 0.2) is 30.3 Å². The van der Waals surface area contributed by atoms with E-state index in [0.717, 1.165) is 24.2 Å². The summed E-state index contributed by atoms with van der Waals surface area (Å²) in [5, 5.41) is 14.3. The molecule has 3 rings (SSSR count). The first-order valence-corrected chi connectivity index (χ1v) is 7.59. The Morgan fingerprint density at radius 1 is 1.19 bits per heavy atom. The lowest BCUT2D eigenvalue weighted by Gasteiger charge is -2.13. The van der Waals surface area contributed by atoms with Crippen molar-refractivity contribution in [2.24, 2.45) is 0 Å². The average Bonchev–Trinajstić information content (AvgIpc) is 3.29. The van der Waals surface area contributed by atoms with E-state index < -0.39 is 6.10 Å². The van der Waals surface area contributed by atoms with Crippen molar-refractivity contribution in [1.82, 2.24) is 9.97 Å². The fourth-order valence-electron chi connectivity index (χ4n) is 2.05. The van der Waals surface area contributed by atoms with Gasteiger partial charge in [0.25, 0.3) is 0 Å². The first-order valence-electron chi connectivity index (χ1n) is 6.83. The standard InChI is InChI=1S/C15H15Cl2N3O/c16-11-5-3-9(4-6-11)12(21)8-18-14-7-13(17)19-15(20-14)10-1-2-10/h3-7,10,12,21H,1-2,8H2,(H,18,19,20).